The zero-order chi connectivity index (χ0) is 13.4. The average molecular weight is 254 g/mol. The number of ether oxygens (including phenoxy) is 1. The van der Waals surface area contributed by atoms with Crippen LogP contribution in [0, 0.1) is 5.92 Å². The van der Waals surface area contributed by atoms with E-state index in [-0.39, 0.29) is 13.6 Å². The summed E-state index contributed by atoms with van der Waals surface area (Å²) in [5.74, 6) is 0.555. The molecule has 0 bridgehead atoms. The summed E-state index contributed by atoms with van der Waals surface area (Å²) >= 11 is 0. The topological polar surface area (TPSA) is 43.3 Å². The molecule has 2 heterocycles. The summed E-state index contributed by atoms with van der Waals surface area (Å²) in [5, 5.41) is 6.30. The van der Waals surface area contributed by atoms with Crippen molar-refractivity contribution in [2.45, 2.75) is 33.7 Å². The first-order valence-corrected chi connectivity index (χ1v) is 6.14. The third-order valence-corrected chi connectivity index (χ3v) is 2.40. The van der Waals surface area contributed by atoms with Crippen LogP contribution in [0.4, 0.5) is 0 Å². The monoisotopic (exact) mass is 254 g/mol. The number of rotatable bonds is 2. The predicted molar refractivity (Wildman–Crippen MR) is 70.5 cm³/mol. The Morgan fingerprint density at radius 3 is 2.28 bits per heavy atom. The Hall–Kier alpha value is -1.17. The maximum atomic E-state index is 4.50. The smallest absolute Gasteiger partial charge is 0.183 e. The standard InChI is InChI=1S/C11H18N2.C2H4O3/c1-9(2)11-6-5-7-12-13(8-11)10(3)4;1-3-2-5-4-1/h5-10H,1-4H3;1-2H2. The second-order valence-electron chi connectivity index (χ2n) is 4.56. The first-order chi connectivity index (χ1) is 8.61. The predicted octanol–water partition coefficient (Wildman–Crippen LogP) is 2.67. The Kier molecular flexibility index (Phi) is 6.64. The Morgan fingerprint density at radius 2 is 1.83 bits per heavy atom. The quantitative estimate of drug-likeness (QED) is 0.711. The minimum absolute atomic E-state index is 0.278. The van der Waals surface area contributed by atoms with Crippen LogP contribution in [-0.2, 0) is 14.5 Å². The molecule has 0 saturated carbocycles. The van der Waals surface area contributed by atoms with Gasteiger partial charge in [0, 0.05) is 18.5 Å². The van der Waals surface area contributed by atoms with Crippen molar-refractivity contribution in [3.8, 4) is 0 Å². The SMILES string of the molecule is C1OCOO1.CC(C)C1=CN(C(C)C)N=CC=C1. The molecule has 0 aromatic heterocycles. The van der Waals surface area contributed by atoms with Crippen LogP contribution in [0.2, 0.25) is 0 Å². The lowest BCUT2D eigenvalue weighted by atomic mass is 10.0. The molecule has 0 aliphatic carbocycles. The number of nitrogens with zero attached hydrogens (tertiary/aromatic N) is 2. The molecule has 0 aromatic rings. The molecule has 0 radical (unpaired) electrons. The molecule has 2 rings (SSSR count). The van der Waals surface area contributed by atoms with E-state index in [1.54, 1.807) is 0 Å². The van der Waals surface area contributed by atoms with Crippen LogP contribution < -0.4 is 0 Å². The van der Waals surface area contributed by atoms with Crippen LogP contribution in [0.25, 0.3) is 0 Å². The highest BCUT2D eigenvalue weighted by Crippen LogP contribution is 2.15. The van der Waals surface area contributed by atoms with E-state index < -0.39 is 0 Å². The third kappa shape index (κ3) is 5.44. The Balaban J connectivity index is 0.000000269. The first kappa shape index (κ1) is 14.9. The van der Waals surface area contributed by atoms with Crippen LogP contribution in [-0.4, -0.2) is 30.9 Å². The van der Waals surface area contributed by atoms with Gasteiger partial charge < -0.3 is 4.74 Å². The molecular weight excluding hydrogens is 232 g/mol. The molecule has 0 unspecified atom stereocenters. The molecule has 1 saturated heterocycles. The molecule has 0 atom stereocenters. The van der Waals surface area contributed by atoms with Crippen molar-refractivity contribution >= 4 is 6.21 Å². The van der Waals surface area contributed by atoms with E-state index in [4.69, 9.17) is 0 Å². The molecule has 0 spiro atoms. The van der Waals surface area contributed by atoms with Crippen molar-refractivity contribution in [2.24, 2.45) is 11.0 Å². The van der Waals surface area contributed by atoms with Gasteiger partial charge in [0.05, 0.1) is 0 Å². The van der Waals surface area contributed by atoms with Gasteiger partial charge in [0.25, 0.3) is 0 Å². The van der Waals surface area contributed by atoms with Gasteiger partial charge in [-0.25, -0.2) is 9.78 Å². The lowest BCUT2D eigenvalue weighted by Crippen LogP contribution is -2.19. The maximum Gasteiger partial charge on any atom is 0.183 e. The fraction of sp³-hybridized carbons (Fsp3) is 0.615. The molecule has 2 aliphatic heterocycles. The molecule has 0 aromatic carbocycles. The van der Waals surface area contributed by atoms with Gasteiger partial charge in [-0.1, -0.05) is 19.9 Å². The largest absolute Gasteiger partial charge is 0.323 e. The minimum atomic E-state index is 0.278. The molecule has 5 nitrogen and oxygen atoms in total. The van der Waals surface area contributed by atoms with E-state index in [1.165, 1.54) is 5.57 Å². The summed E-state index contributed by atoms with van der Waals surface area (Å²) in [5.41, 5.74) is 1.33. The summed E-state index contributed by atoms with van der Waals surface area (Å²) < 4.78 is 4.50. The highest BCUT2D eigenvalue weighted by molar-refractivity contribution is 5.72. The van der Waals surface area contributed by atoms with E-state index in [0.717, 1.165) is 0 Å². The van der Waals surface area contributed by atoms with Crippen molar-refractivity contribution in [1.82, 2.24) is 5.01 Å². The molecule has 18 heavy (non-hydrogen) atoms. The highest BCUT2D eigenvalue weighted by Gasteiger charge is 2.07. The Bertz CT molecular complexity index is 311. The lowest BCUT2D eigenvalue weighted by molar-refractivity contribution is -0.248. The van der Waals surface area contributed by atoms with Crippen LogP contribution in [0.15, 0.2) is 29.0 Å². The summed E-state index contributed by atoms with van der Waals surface area (Å²) in [7, 11) is 0. The van der Waals surface area contributed by atoms with Gasteiger partial charge in [0.15, 0.2) is 13.6 Å². The van der Waals surface area contributed by atoms with Crippen LogP contribution >= 0.6 is 0 Å². The number of hydrogen-bond acceptors (Lipinski definition) is 5. The van der Waals surface area contributed by atoms with Crippen LogP contribution in [0.5, 0.6) is 0 Å². The highest BCUT2D eigenvalue weighted by atomic mass is 17.3. The zero-order valence-corrected chi connectivity index (χ0v) is 11.5. The van der Waals surface area contributed by atoms with Gasteiger partial charge in [0.2, 0.25) is 0 Å². The Labute approximate surface area is 109 Å². The fourth-order valence-electron chi connectivity index (χ4n) is 1.29. The minimum Gasteiger partial charge on any atom is -0.323 e. The van der Waals surface area contributed by atoms with Gasteiger partial charge in [-0.3, -0.25) is 5.01 Å². The second kappa shape index (κ2) is 8.02. The molecule has 2 aliphatic rings. The van der Waals surface area contributed by atoms with Gasteiger partial charge in [-0.05, 0) is 31.4 Å². The number of allylic oxidation sites excluding steroid dienone is 3. The van der Waals surface area contributed by atoms with E-state index in [0.29, 0.717) is 12.0 Å². The van der Waals surface area contributed by atoms with Crippen molar-refractivity contribution < 1.29 is 14.5 Å². The van der Waals surface area contributed by atoms with Crippen molar-refractivity contribution in [3.05, 3.63) is 23.9 Å². The van der Waals surface area contributed by atoms with Crippen LogP contribution in [0.3, 0.4) is 0 Å². The average Bonchev–Trinajstić information content (AvgIpc) is 2.79. The number of hydrogen-bond donors (Lipinski definition) is 0. The first-order valence-electron chi connectivity index (χ1n) is 6.14. The fourth-order valence-corrected chi connectivity index (χ4v) is 1.29. The molecule has 5 heteroatoms. The summed E-state index contributed by atoms with van der Waals surface area (Å²) in [6.07, 6.45) is 8.08. The normalized spacial score (nSPS) is 18.8. The van der Waals surface area contributed by atoms with Gasteiger partial charge >= 0.3 is 0 Å². The summed E-state index contributed by atoms with van der Waals surface area (Å²) in [4.78, 5) is 8.44. The van der Waals surface area contributed by atoms with Crippen molar-refractivity contribution in [1.29, 1.82) is 0 Å². The molecule has 102 valence electrons. The molecular formula is C13H22N2O3. The summed E-state index contributed by atoms with van der Waals surface area (Å²) in [6, 6.07) is 0.421. The number of hydrazone groups is 1. The molecule has 0 amide bonds. The third-order valence-electron chi connectivity index (χ3n) is 2.40. The molecule has 1 fully saturated rings. The maximum absolute atomic E-state index is 4.50. The van der Waals surface area contributed by atoms with Crippen LogP contribution in [0.1, 0.15) is 27.7 Å². The Morgan fingerprint density at radius 1 is 1.17 bits per heavy atom. The van der Waals surface area contributed by atoms with Gasteiger partial charge in [-0.15, -0.1) is 0 Å². The van der Waals surface area contributed by atoms with Gasteiger partial charge in [0.1, 0.15) is 0 Å². The van der Waals surface area contributed by atoms with E-state index in [1.807, 2.05) is 17.3 Å². The van der Waals surface area contributed by atoms with E-state index in [9.17, 15) is 0 Å². The second-order valence-corrected chi connectivity index (χ2v) is 4.56. The van der Waals surface area contributed by atoms with Gasteiger partial charge in [-0.2, -0.15) is 5.10 Å². The van der Waals surface area contributed by atoms with Crippen molar-refractivity contribution in [2.75, 3.05) is 13.6 Å². The van der Waals surface area contributed by atoms with Crippen molar-refractivity contribution in [3.63, 3.8) is 0 Å². The van der Waals surface area contributed by atoms with E-state index in [2.05, 4.69) is 59.6 Å². The zero-order valence-electron chi connectivity index (χ0n) is 11.5. The summed E-state index contributed by atoms with van der Waals surface area (Å²) in [6.45, 7) is 9.22. The lowest BCUT2D eigenvalue weighted by Gasteiger charge is -2.19. The molecule has 0 N–H and O–H groups in total. The van der Waals surface area contributed by atoms with E-state index >= 15 is 0 Å².